The van der Waals surface area contributed by atoms with Crippen LogP contribution >= 0.6 is 0 Å². The van der Waals surface area contributed by atoms with Gasteiger partial charge in [-0.3, -0.25) is 9.69 Å². The highest BCUT2D eigenvalue weighted by atomic mass is 16.1. The molecule has 1 radical (unpaired) electrons. The maximum Gasteiger partial charge on any atom is 0.213 e. The molecule has 0 saturated carbocycles. The van der Waals surface area contributed by atoms with Gasteiger partial charge in [-0.2, -0.15) is 0 Å². The zero-order valence-corrected chi connectivity index (χ0v) is 8.72. The third kappa shape index (κ3) is 2.57. The number of carbonyl (C=O) groups excluding carboxylic acids is 1. The van der Waals surface area contributed by atoms with Crippen LogP contribution in [-0.4, -0.2) is 43.9 Å². The number of rotatable bonds is 3. The van der Waals surface area contributed by atoms with Crippen molar-refractivity contribution in [3.05, 3.63) is 30.3 Å². The fraction of sp³-hybridized carbons (Fsp3) is 0.417. The van der Waals surface area contributed by atoms with E-state index >= 15 is 0 Å². The molecule has 3 nitrogen and oxygen atoms in total. The van der Waals surface area contributed by atoms with Gasteiger partial charge in [-0.25, -0.2) is 0 Å². The van der Waals surface area contributed by atoms with Crippen LogP contribution in [0.1, 0.15) is 0 Å². The summed E-state index contributed by atoms with van der Waals surface area (Å²) >= 11 is 0. The number of para-hydroxylation sites is 1. The van der Waals surface area contributed by atoms with E-state index in [2.05, 4.69) is 34.1 Å². The highest BCUT2D eigenvalue weighted by Crippen LogP contribution is 2.14. The first kappa shape index (κ1) is 10.2. The van der Waals surface area contributed by atoms with Crippen molar-refractivity contribution in [2.45, 2.75) is 0 Å². The van der Waals surface area contributed by atoms with E-state index in [1.54, 1.807) is 0 Å². The molecule has 79 valence electrons. The molecule has 1 aromatic carbocycles. The number of anilines is 1. The number of benzene rings is 1. The number of hydrogen-bond acceptors (Lipinski definition) is 3. The van der Waals surface area contributed by atoms with Crippen LogP contribution in [0.5, 0.6) is 0 Å². The van der Waals surface area contributed by atoms with Gasteiger partial charge in [-0.05, 0) is 12.1 Å². The van der Waals surface area contributed by atoms with Gasteiger partial charge in [-0.1, -0.05) is 18.2 Å². The molecule has 0 unspecified atom stereocenters. The molecule has 15 heavy (non-hydrogen) atoms. The third-order valence-electron chi connectivity index (χ3n) is 2.78. The van der Waals surface area contributed by atoms with E-state index in [1.807, 2.05) is 12.4 Å². The quantitative estimate of drug-likeness (QED) is 0.729. The molecule has 0 aromatic heterocycles. The summed E-state index contributed by atoms with van der Waals surface area (Å²) in [6, 6.07) is 10.4. The Balaban J connectivity index is 1.91. The molecule has 0 atom stereocenters. The Hall–Kier alpha value is -1.35. The van der Waals surface area contributed by atoms with Crippen LogP contribution in [-0.2, 0) is 4.79 Å². The van der Waals surface area contributed by atoms with Gasteiger partial charge in [0.2, 0.25) is 6.29 Å². The van der Waals surface area contributed by atoms with Crippen LogP contribution in [0.25, 0.3) is 0 Å². The first-order valence-electron chi connectivity index (χ1n) is 5.27. The SMILES string of the molecule is O=[C]CN1CCN(c2ccccc2)CC1. The average molecular weight is 203 g/mol. The second kappa shape index (κ2) is 4.94. The van der Waals surface area contributed by atoms with Crippen molar-refractivity contribution in [1.29, 1.82) is 0 Å². The Morgan fingerprint density at radius 3 is 2.33 bits per heavy atom. The van der Waals surface area contributed by atoms with Gasteiger partial charge in [-0.15, -0.1) is 0 Å². The molecule has 0 spiro atoms. The summed E-state index contributed by atoms with van der Waals surface area (Å²) in [5.41, 5.74) is 1.27. The zero-order chi connectivity index (χ0) is 10.5. The van der Waals surface area contributed by atoms with Gasteiger partial charge in [0.15, 0.2) is 0 Å². The number of piperazine rings is 1. The van der Waals surface area contributed by atoms with Crippen LogP contribution in [0, 0.1) is 0 Å². The first-order valence-corrected chi connectivity index (χ1v) is 5.27. The van der Waals surface area contributed by atoms with E-state index in [-0.39, 0.29) is 0 Å². The lowest BCUT2D eigenvalue weighted by atomic mass is 10.2. The summed E-state index contributed by atoms with van der Waals surface area (Å²) < 4.78 is 0. The second-order valence-corrected chi connectivity index (χ2v) is 3.74. The monoisotopic (exact) mass is 203 g/mol. The lowest BCUT2D eigenvalue weighted by Gasteiger charge is -2.35. The maximum absolute atomic E-state index is 10.2. The van der Waals surface area contributed by atoms with Crippen molar-refractivity contribution in [2.75, 3.05) is 37.6 Å². The van der Waals surface area contributed by atoms with Gasteiger partial charge in [0.1, 0.15) is 0 Å². The molecule has 0 N–H and O–H groups in total. The van der Waals surface area contributed by atoms with E-state index in [4.69, 9.17) is 0 Å². The zero-order valence-electron chi connectivity index (χ0n) is 8.72. The van der Waals surface area contributed by atoms with E-state index in [9.17, 15) is 4.79 Å². The average Bonchev–Trinajstić information content (AvgIpc) is 2.32. The third-order valence-corrected chi connectivity index (χ3v) is 2.78. The summed E-state index contributed by atoms with van der Waals surface area (Å²) in [7, 11) is 0. The lowest BCUT2D eigenvalue weighted by molar-refractivity contribution is 0.288. The number of hydrogen-bond donors (Lipinski definition) is 0. The van der Waals surface area contributed by atoms with E-state index in [0.717, 1.165) is 26.2 Å². The van der Waals surface area contributed by atoms with Crippen LogP contribution < -0.4 is 4.90 Å². The van der Waals surface area contributed by atoms with Gasteiger partial charge >= 0.3 is 0 Å². The van der Waals surface area contributed by atoms with Crippen molar-refractivity contribution in [3.8, 4) is 0 Å². The smallest absolute Gasteiger partial charge is 0.213 e. The van der Waals surface area contributed by atoms with Gasteiger partial charge < -0.3 is 4.90 Å². The van der Waals surface area contributed by atoms with Crippen molar-refractivity contribution in [3.63, 3.8) is 0 Å². The molecular weight excluding hydrogens is 188 g/mol. The normalized spacial score (nSPS) is 17.7. The predicted molar refractivity (Wildman–Crippen MR) is 60.8 cm³/mol. The molecule has 1 saturated heterocycles. The molecule has 3 heteroatoms. The van der Waals surface area contributed by atoms with Crippen LogP contribution in [0.3, 0.4) is 0 Å². The summed E-state index contributed by atoms with van der Waals surface area (Å²) in [5.74, 6) is 0. The van der Waals surface area contributed by atoms with Gasteiger partial charge in [0.25, 0.3) is 0 Å². The van der Waals surface area contributed by atoms with Gasteiger partial charge in [0.05, 0.1) is 6.54 Å². The molecule has 1 aliphatic rings. The molecule has 1 aromatic rings. The summed E-state index contributed by atoms with van der Waals surface area (Å²) in [6.45, 7) is 4.33. The largest absolute Gasteiger partial charge is 0.369 e. The first-order chi connectivity index (χ1) is 7.40. The Labute approximate surface area is 90.3 Å². The highest BCUT2D eigenvalue weighted by Gasteiger charge is 2.16. The minimum atomic E-state index is 0.447. The van der Waals surface area contributed by atoms with Crippen molar-refractivity contribution < 1.29 is 4.79 Å². The minimum absolute atomic E-state index is 0.447. The van der Waals surface area contributed by atoms with Crippen molar-refractivity contribution in [2.24, 2.45) is 0 Å². The summed E-state index contributed by atoms with van der Waals surface area (Å²) in [6.07, 6.45) is 1.95. The Morgan fingerprint density at radius 2 is 1.73 bits per heavy atom. The topological polar surface area (TPSA) is 23.6 Å². The summed E-state index contributed by atoms with van der Waals surface area (Å²) in [4.78, 5) is 14.7. The minimum Gasteiger partial charge on any atom is -0.369 e. The molecule has 1 heterocycles. The second-order valence-electron chi connectivity index (χ2n) is 3.74. The van der Waals surface area contributed by atoms with E-state index < -0.39 is 0 Å². The molecule has 0 bridgehead atoms. The Bertz CT molecular complexity index is 305. The fourth-order valence-corrected chi connectivity index (χ4v) is 1.89. The Kier molecular flexibility index (Phi) is 3.35. The molecule has 0 aliphatic carbocycles. The van der Waals surface area contributed by atoms with Crippen LogP contribution in [0.2, 0.25) is 0 Å². The maximum atomic E-state index is 10.2. The fourth-order valence-electron chi connectivity index (χ4n) is 1.89. The Morgan fingerprint density at radius 1 is 1.07 bits per heavy atom. The van der Waals surface area contributed by atoms with Crippen LogP contribution in [0.4, 0.5) is 5.69 Å². The van der Waals surface area contributed by atoms with Crippen molar-refractivity contribution in [1.82, 2.24) is 4.90 Å². The van der Waals surface area contributed by atoms with Crippen LogP contribution in [0.15, 0.2) is 30.3 Å². The molecular formula is C12H15N2O. The summed E-state index contributed by atoms with van der Waals surface area (Å²) in [5, 5.41) is 0. The standard InChI is InChI=1S/C12H15N2O/c15-11-10-13-6-8-14(9-7-13)12-4-2-1-3-5-12/h1-5H,6-10H2. The van der Waals surface area contributed by atoms with E-state index in [0.29, 0.717) is 6.54 Å². The highest BCUT2D eigenvalue weighted by molar-refractivity contribution is 5.53. The molecule has 2 rings (SSSR count). The van der Waals surface area contributed by atoms with E-state index in [1.165, 1.54) is 5.69 Å². The van der Waals surface area contributed by atoms with Crippen molar-refractivity contribution >= 4 is 12.0 Å². The van der Waals surface area contributed by atoms with Gasteiger partial charge in [0, 0.05) is 31.9 Å². The molecule has 1 aliphatic heterocycles. The lowest BCUT2D eigenvalue weighted by Crippen LogP contribution is -2.46. The molecule has 0 amide bonds. The predicted octanol–water partition coefficient (Wildman–Crippen LogP) is 0.918. The number of nitrogens with zero attached hydrogens (tertiary/aromatic N) is 2. The molecule has 1 fully saturated rings.